The summed E-state index contributed by atoms with van der Waals surface area (Å²) in [6, 6.07) is 8.49. The third-order valence-electron chi connectivity index (χ3n) is 5.09. The van der Waals surface area contributed by atoms with Gasteiger partial charge in [-0.1, -0.05) is 23.2 Å². The van der Waals surface area contributed by atoms with Crippen molar-refractivity contribution in [3.05, 3.63) is 57.8 Å². The van der Waals surface area contributed by atoms with E-state index < -0.39 is 35.6 Å². The van der Waals surface area contributed by atoms with Crippen molar-refractivity contribution in [2.24, 2.45) is 0 Å². The molecule has 6 nitrogen and oxygen atoms in total. The van der Waals surface area contributed by atoms with Crippen LogP contribution in [0.15, 0.2) is 36.4 Å². The Balaban J connectivity index is 1.83. The molecular formula is C19H13Cl2FN2O4. The molecule has 1 N–H and O–H groups in total. The van der Waals surface area contributed by atoms with Crippen molar-refractivity contribution in [3.8, 4) is 0 Å². The highest BCUT2D eigenvalue weighted by Gasteiger charge is 2.58. The molecule has 0 radical (unpaired) electrons. The fourth-order valence-corrected chi connectivity index (χ4v) is 4.24. The van der Waals surface area contributed by atoms with E-state index in [0.29, 0.717) is 16.3 Å². The van der Waals surface area contributed by atoms with Gasteiger partial charge >= 0.3 is 5.97 Å². The van der Waals surface area contributed by atoms with Crippen LogP contribution in [0.4, 0.5) is 15.8 Å². The van der Waals surface area contributed by atoms with Gasteiger partial charge < -0.3 is 14.9 Å². The van der Waals surface area contributed by atoms with Crippen LogP contribution in [0, 0.1) is 5.82 Å². The molecule has 0 aromatic heterocycles. The third kappa shape index (κ3) is 2.73. The maximum atomic E-state index is 14.3. The zero-order chi connectivity index (χ0) is 20.2. The smallest absolute Gasteiger partial charge is 0.323 e. The zero-order valence-corrected chi connectivity index (χ0v) is 15.8. The van der Waals surface area contributed by atoms with Crippen LogP contribution >= 0.6 is 23.2 Å². The first kappa shape index (κ1) is 18.7. The van der Waals surface area contributed by atoms with E-state index in [0.717, 1.165) is 11.0 Å². The molecule has 0 unspecified atom stereocenters. The third-order valence-corrected chi connectivity index (χ3v) is 5.56. The summed E-state index contributed by atoms with van der Waals surface area (Å²) in [4.78, 5) is 39.5. The number of aliphatic carboxylic acids is 1. The Labute approximate surface area is 169 Å². The maximum Gasteiger partial charge on any atom is 0.323 e. The summed E-state index contributed by atoms with van der Waals surface area (Å²) in [6.45, 7) is -0.680. The van der Waals surface area contributed by atoms with Crippen molar-refractivity contribution in [3.63, 3.8) is 0 Å². The normalized spacial score (nSPS) is 21.0. The van der Waals surface area contributed by atoms with Crippen LogP contribution in [0.3, 0.4) is 0 Å². The van der Waals surface area contributed by atoms with Gasteiger partial charge in [0.15, 0.2) is 0 Å². The highest BCUT2D eigenvalue weighted by molar-refractivity contribution is 6.31. The molecule has 0 saturated carbocycles. The van der Waals surface area contributed by atoms with Crippen LogP contribution in [0.2, 0.25) is 10.0 Å². The number of carbonyl (C=O) groups excluding carboxylic acids is 2. The summed E-state index contributed by atoms with van der Waals surface area (Å²) in [7, 11) is 0. The molecule has 0 aliphatic carbocycles. The Morgan fingerprint density at radius 2 is 1.79 bits per heavy atom. The molecule has 2 aromatic rings. The van der Waals surface area contributed by atoms with Crippen LogP contribution in [-0.4, -0.2) is 36.0 Å². The minimum atomic E-state index is -1.33. The van der Waals surface area contributed by atoms with E-state index in [1.54, 1.807) is 18.2 Å². The van der Waals surface area contributed by atoms with Crippen LogP contribution in [0.25, 0.3) is 0 Å². The van der Waals surface area contributed by atoms with Crippen molar-refractivity contribution >= 4 is 52.4 Å². The Morgan fingerprint density at radius 1 is 1.11 bits per heavy atom. The molecule has 4 rings (SSSR count). The van der Waals surface area contributed by atoms with E-state index in [-0.39, 0.29) is 23.7 Å². The van der Waals surface area contributed by atoms with E-state index in [2.05, 4.69) is 0 Å². The molecule has 1 fully saturated rings. The zero-order valence-electron chi connectivity index (χ0n) is 14.3. The van der Waals surface area contributed by atoms with Crippen molar-refractivity contribution < 1.29 is 23.9 Å². The van der Waals surface area contributed by atoms with Gasteiger partial charge in [0.1, 0.15) is 17.8 Å². The standard InChI is InChI=1S/C19H13Cl2FN2O4/c20-10-2-4-14-12(5-10)19(18(28)23(14)8-17(26)27)7-16(25)24(9-19)15-6-11(21)1-3-13(15)22/h1-6H,7-9H2,(H,26,27)/t19-/m1/s1. The number of benzene rings is 2. The van der Waals surface area contributed by atoms with E-state index in [9.17, 15) is 23.9 Å². The number of halogens is 3. The summed E-state index contributed by atoms with van der Waals surface area (Å²) in [5, 5.41) is 9.79. The first-order chi connectivity index (χ1) is 13.2. The average molecular weight is 423 g/mol. The van der Waals surface area contributed by atoms with Gasteiger partial charge in [0.2, 0.25) is 11.8 Å². The number of hydrogen-bond acceptors (Lipinski definition) is 3. The molecule has 1 spiro atoms. The summed E-state index contributed by atoms with van der Waals surface area (Å²) in [6.07, 6.45) is -0.221. The number of fused-ring (bicyclic) bond motifs is 2. The number of nitrogens with zero attached hydrogens (tertiary/aromatic N) is 2. The minimum absolute atomic E-state index is 0.0255. The molecule has 2 aromatic carbocycles. The number of amides is 2. The van der Waals surface area contributed by atoms with Crippen molar-refractivity contribution in [1.29, 1.82) is 0 Å². The van der Waals surface area contributed by atoms with Gasteiger partial charge in [-0.3, -0.25) is 14.4 Å². The van der Waals surface area contributed by atoms with Crippen LogP contribution in [-0.2, 0) is 19.8 Å². The molecule has 0 bridgehead atoms. The molecule has 9 heteroatoms. The number of carboxylic acid groups (broad SMARTS) is 1. The first-order valence-corrected chi connectivity index (χ1v) is 9.08. The molecule has 2 aliphatic rings. The predicted octanol–water partition coefficient (Wildman–Crippen LogP) is 3.24. The fourth-order valence-electron chi connectivity index (χ4n) is 3.91. The number of carbonyl (C=O) groups is 3. The van der Waals surface area contributed by atoms with E-state index in [1.165, 1.54) is 17.0 Å². The summed E-state index contributed by atoms with van der Waals surface area (Å²) in [5.41, 5.74) is -0.508. The van der Waals surface area contributed by atoms with Gasteiger partial charge in [0.25, 0.3) is 0 Å². The van der Waals surface area contributed by atoms with Crippen LogP contribution in [0.1, 0.15) is 12.0 Å². The Kier molecular flexibility index (Phi) is 4.32. The lowest BCUT2D eigenvalue weighted by molar-refractivity contribution is -0.137. The van der Waals surface area contributed by atoms with Gasteiger partial charge in [0.05, 0.1) is 5.69 Å². The molecule has 144 valence electrons. The topological polar surface area (TPSA) is 77.9 Å². The monoisotopic (exact) mass is 422 g/mol. The van der Waals surface area contributed by atoms with Crippen molar-refractivity contribution in [1.82, 2.24) is 0 Å². The Morgan fingerprint density at radius 3 is 2.50 bits per heavy atom. The Hall–Kier alpha value is -2.64. The minimum Gasteiger partial charge on any atom is -0.480 e. The van der Waals surface area contributed by atoms with Gasteiger partial charge in [-0.15, -0.1) is 0 Å². The maximum absolute atomic E-state index is 14.3. The molecule has 2 amide bonds. The first-order valence-electron chi connectivity index (χ1n) is 8.32. The van der Waals surface area contributed by atoms with Crippen molar-refractivity contribution in [2.75, 3.05) is 22.9 Å². The SMILES string of the molecule is O=C(O)CN1C(=O)[C@@]2(CC(=O)N(c3cc(Cl)ccc3F)C2)c2cc(Cl)ccc21. The molecule has 28 heavy (non-hydrogen) atoms. The lowest BCUT2D eigenvalue weighted by atomic mass is 9.81. The van der Waals surface area contributed by atoms with Crippen molar-refractivity contribution in [2.45, 2.75) is 11.8 Å². The quantitative estimate of drug-likeness (QED) is 0.823. The van der Waals surface area contributed by atoms with E-state index in [4.69, 9.17) is 23.2 Å². The average Bonchev–Trinajstić information content (AvgIpc) is 3.08. The predicted molar refractivity (Wildman–Crippen MR) is 101 cm³/mol. The van der Waals surface area contributed by atoms with E-state index >= 15 is 0 Å². The van der Waals surface area contributed by atoms with Gasteiger partial charge in [0, 0.05) is 28.7 Å². The second kappa shape index (κ2) is 6.46. The molecule has 1 saturated heterocycles. The highest BCUT2D eigenvalue weighted by atomic mass is 35.5. The van der Waals surface area contributed by atoms with Gasteiger partial charge in [-0.05, 0) is 42.0 Å². The highest BCUT2D eigenvalue weighted by Crippen LogP contribution is 2.49. The summed E-state index contributed by atoms with van der Waals surface area (Å²) < 4.78 is 14.3. The second-order valence-electron chi connectivity index (χ2n) is 6.78. The molecule has 2 aliphatic heterocycles. The number of carboxylic acids is 1. The lowest BCUT2D eigenvalue weighted by Gasteiger charge is -2.24. The summed E-state index contributed by atoms with van der Waals surface area (Å²) >= 11 is 12.0. The summed E-state index contributed by atoms with van der Waals surface area (Å²) in [5.74, 6) is -2.81. The van der Waals surface area contributed by atoms with E-state index in [1.807, 2.05) is 0 Å². The molecule has 1 atom stereocenters. The lowest BCUT2D eigenvalue weighted by Crippen LogP contribution is -2.44. The number of anilines is 2. The number of rotatable bonds is 3. The number of hydrogen-bond donors (Lipinski definition) is 1. The van der Waals surface area contributed by atoms with Crippen LogP contribution < -0.4 is 9.80 Å². The fraction of sp³-hybridized carbons (Fsp3) is 0.211. The largest absolute Gasteiger partial charge is 0.480 e. The van der Waals surface area contributed by atoms with Gasteiger partial charge in [-0.25, -0.2) is 4.39 Å². The second-order valence-corrected chi connectivity index (χ2v) is 7.65. The Bertz CT molecular complexity index is 1040. The van der Waals surface area contributed by atoms with Gasteiger partial charge in [-0.2, -0.15) is 0 Å². The van der Waals surface area contributed by atoms with Crippen LogP contribution in [0.5, 0.6) is 0 Å². The molecule has 2 heterocycles. The molecular weight excluding hydrogens is 410 g/mol.